The fraction of sp³-hybridized carbons (Fsp3) is 0.438. The van der Waals surface area contributed by atoms with Gasteiger partial charge in [-0.25, -0.2) is 0 Å². The molecule has 0 radical (unpaired) electrons. The van der Waals surface area contributed by atoms with E-state index >= 15 is 0 Å². The first kappa shape index (κ1) is 13.5. The number of fused-ring (bicyclic) bond motifs is 1. The van der Waals surface area contributed by atoms with Crippen LogP contribution in [0.3, 0.4) is 0 Å². The molecule has 4 rings (SSSR count). The van der Waals surface area contributed by atoms with E-state index in [1.807, 2.05) is 21.8 Å². The van der Waals surface area contributed by atoms with Crippen molar-refractivity contribution in [2.45, 2.75) is 31.0 Å². The molecule has 114 valence electrons. The fourth-order valence-electron chi connectivity index (χ4n) is 3.53. The predicted octanol–water partition coefficient (Wildman–Crippen LogP) is 1.52. The minimum Gasteiger partial charge on any atom is -0.374 e. The van der Waals surface area contributed by atoms with Gasteiger partial charge >= 0.3 is 0 Å². The summed E-state index contributed by atoms with van der Waals surface area (Å²) < 4.78 is 7.91. The number of rotatable bonds is 2. The second kappa shape index (κ2) is 5.53. The van der Waals surface area contributed by atoms with E-state index < -0.39 is 0 Å². The molecular formula is C16H18N4O2. The lowest BCUT2D eigenvalue weighted by molar-refractivity contribution is -0.0247. The summed E-state index contributed by atoms with van der Waals surface area (Å²) in [6.07, 6.45) is 9.03. The van der Waals surface area contributed by atoms with Crippen LogP contribution in [0.1, 0.15) is 29.2 Å². The van der Waals surface area contributed by atoms with Crippen molar-refractivity contribution in [3.05, 3.63) is 48.5 Å². The number of likely N-dealkylation sites (tertiary alicyclic amines) is 1. The average Bonchev–Trinajstić information content (AvgIpc) is 3.22. The molecule has 1 amide bonds. The molecule has 0 spiro atoms. The Bertz CT molecular complexity index is 643. The number of hydrogen-bond acceptors (Lipinski definition) is 4. The summed E-state index contributed by atoms with van der Waals surface area (Å²) >= 11 is 0. The monoisotopic (exact) mass is 298 g/mol. The van der Waals surface area contributed by atoms with Crippen molar-refractivity contribution >= 4 is 5.91 Å². The maximum atomic E-state index is 12.8. The first-order valence-electron chi connectivity index (χ1n) is 7.66. The Labute approximate surface area is 128 Å². The zero-order valence-corrected chi connectivity index (χ0v) is 12.2. The zero-order valence-electron chi connectivity index (χ0n) is 12.2. The van der Waals surface area contributed by atoms with Crippen LogP contribution in [0.4, 0.5) is 0 Å². The van der Waals surface area contributed by atoms with Gasteiger partial charge in [0.1, 0.15) is 6.10 Å². The summed E-state index contributed by atoms with van der Waals surface area (Å²) in [6.45, 7) is 1.40. The number of nitrogens with zero attached hydrogens (tertiary/aromatic N) is 4. The highest BCUT2D eigenvalue weighted by Crippen LogP contribution is 2.36. The summed E-state index contributed by atoms with van der Waals surface area (Å²) in [5.74, 6) is 0.0533. The number of aromatic nitrogens is 3. The minimum absolute atomic E-state index is 0.0273. The van der Waals surface area contributed by atoms with Crippen LogP contribution in [-0.2, 0) is 4.74 Å². The van der Waals surface area contributed by atoms with Crippen molar-refractivity contribution in [1.29, 1.82) is 0 Å². The minimum atomic E-state index is 0.0273. The van der Waals surface area contributed by atoms with E-state index in [4.69, 9.17) is 4.74 Å². The summed E-state index contributed by atoms with van der Waals surface area (Å²) in [5, 5.41) is 4.34. The maximum Gasteiger partial charge on any atom is 0.254 e. The Balaban J connectivity index is 1.64. The highest BCUT2D eigenvalue weighted by Gasteiger charge is 2.47. The molecule has 2 aromatic heterocycles. The highest BCUT2D eigenvalue weighted by molar-refractivity contribution is 5.94. The molecule has 2 aliphatic heterocycles. The van der Waals surface area contributed by atoms with E-state index in [1.165, 1.54) is 0 Å². The number of carbonyl (C=O) groups excluding carboxylic acids is 1. The quantitative estimate of drug-likeness (QED) is 0.843. The van der Waals surface area contributed by atoms with Crippen LogP contribution in [0.25, 0.3) is 0 Å². The van der Waals surface area contributed by atoms with Crippen molar-refractivity contribution < 1.29 is 9.53 Å². The zero-order chi connectivity index (χ0) is 14.9. The van der Waals surface area contributed by atoms with Gasteiger partial charge in [0.2, 0.25) is 0 Å². The van der Waals surface area contributed by atoms with E-state index in [9.17, 15) is 4.79 Å². The van der Waals surface area contributed by atoms with Crippen molar-refractivity contribution in [2.24, 2.45) is 0 Å². The van der Waals surface area contributed by atoms with Crippen molar-refractivity contribution in [3.8, 4) is 0 Å². The summed E-state index contributed by atoms with van der Waals surface area (Å²) in [6, 6.07) is 5.66. The second-order valence-electron chi connectivity index (χ2n) is 5.79. The van der Waals surface area contributed by atoms with Gasteiger partial charge in [-0.15, -0.1) is 0 Å². The molecule has 0 aliphatic carbocycles. The van der Waals surface area contributed by atoms with Crippen molar-refractivity contribution in [2.75, 3.05) is 13.2 Å². The lowest BCUT2D eigenvalue weighted by Gasteiger charge is -2.32. The van der Waals surface area contributed by atoms with Gasteiger partial charge in [-0.2, -0.15) is 5.10 Å². The predicted molar refractivity (Wildman–Crippen MR) is 79.3 cm³/mol. The lowest BCUT2D eigenvalue weighted by atomic mass is 10.0. The summed E-state index contributed by atoms with van der Waals surface area (Å²) in [7, 11) is 0. The lowest BCUT2D eigenvalue weighted by Crippen LogP contribution is -2.43. The molecule has 3 atom stereocenters. The smallest absolute Gasteiger partial charge is 0.254 e. The largest absolute Gasteiger partial charge is 0.374 e. The Hall–Kier alpha value is -2.21. The second-order valence-corrected chi connectivity index (χ2v) is 5.79. The van der Waals surface area contributed by atoms with Crippen LogP contribution in [-0.4, -0.2) is 50.9 Å². The molecule has 4 heterocycles. The Morgan fingerprint density at radius 2 is 2.09 bits per heavy atom. The molecule has 2 aromatic rings. The van der Waals surface area contributed by atoms with Gasteiger partial charge < -0.3 is 9.64 Å². The van der Waals surface area contributed by atoms with E-state index in [1.54, 1.807) is 30.7 Å². The molecule has 0 aromatic carbocycles. The van der Waals surface area contributed by atoms with Crippen molar-refractivity contribution in [3.63, 3.8) is 0 Å². The number of pyridine rings is 1. The molecule has 6 heteroatoms. The van der Waals surface area contributed by atoms with Crippen LogP contribution in [0.15, 0.2) is 43.0 Å². The molecule has 2 saturated heterocycles. The fourth-order valence-corrected chi connectivity index (χ4v) is 3.53. The van der Waals surface area contributed by atoms with Crippen molar-refractivity contribution in [1.82, 2.24) is 19.7 Å². The Kier molecular flexibility index (Phi) is 3.38. The standard InChI is InChI=1S/C16H18N4O2/c21-16(12-4-7-17-8-5-12)19-11-14(20-9-2-6-18-20)15-13(19)3-1-10-22-15/h2,4-9,13-15H,1,3,10-11H2/t13-,14-,15+/m0/s1. The molecule has 22 heavy (non-hydrogen) atoms. The SMILES string of the molecule is O=C(c1ccncc1)N1C[C@H](n2cccn2)[C@@H]2OCCC[C@@H]21. The molecule has 2 aliphatic rings. The molecule has 2 fully saturated rings. The van der Waals surface area contributed by atoms with Crippen LogP contribution in [0, 0.1) is 0 Å². The molecular weight excluding hydrogens is 280 g/mol. The maximum absolute atomic E-state index is 12.8. The number of hydrogen-bond donors (Lipinski definition) is 0. The van der Waals surface area contributed by atoms with E-state index in [0.717, 1.165) is 19.4 Å². The highest BCUT2D eigenvalue weighted by atomic mass is 16.5. The third-order valence-electron chi connectivity index (χ3n) is 4.55. The van der Waals surface area contributed by atoms with Gasteiger partial charge in [0.25, 0.3) is 5.91 Å². The summed E-state index contributed by atoms with van der Waals surface area (Å²) in [5.41, 5.74) is 0.681. The van der Waals surface area contributed by atoms with Gasteiger partial charge in [-0.3, -0.25) is 14.5 Å². The normalized spacial score (nSPS) is 27.6. The first-order chi connectivity index (χ1) is 10.8. The Morgan fingerprint density at radius 1 is 1.23 bits per heavy atom. The molecule has 0 saturated carbocycles. The van der Waals surface area contributed by atoms with Crippen LogP contribution in [0.5, 0.6) is 0 Å². The van der Waals surface area contributed by atoms with Crippen LogP contribution >= 0.6 is 0 Å². The molecule has 0 N–H and O–H groups in total. The number of carbonyl (C=O) groups is 1. The third-order valence-corrected chi connectivity index (χ3v) is 4.55. The van der Waals surface area contributed by atoms with Crippen LogP contribution < -0.4 is 0 Å². The van der Waals surface area contributed by atoms with Gasteiger partial charge in [0, 0.05) is 43.5 Å². The molecule has 6 nitrogen and oxygen atoms in total. The molecule has 0 unspecified atom stereocenters. The van der Waals surface area contributed by atoms with Crippen LogP contribution in [0.2, 0.25) is 0 Å². The Morgan fingerprint density at radius 3 is 2.86 bits per heavy atom. The number of ether oxygens (including phenoxy) is 1. The first-order valence-corrected chi connectivity index (χ1v) is 7.66. The van der Waals surface area contributed by atoms with E-state index in [-0.39, 0.29) is 24.1 Å². The number of amides is 1. The van der Waals surface area contributed by atoms with E-state index in [0.29, 0.717) is 12.1 Å². The molecule has 0 bridgehead atoms. The van der Waals surface area contributed by atoms with E-state index in [2.05, 4.69) is 10.1 Å². The van der Waals surface area contributed by atoms with Gasteiger partial charge in [-0.1, -0.05) is 0 Å². The average molecular weight is 298 g/mol. The van der Waals surface area contributed by atoms with Gasteiger partial charge in [0.05, 0.1) is 12.1 Å². The van der Waals surface area contributed by atoms with Gasteiger partial charge in [-0.05, 0) is 31.0 Å². The third kappa shape index (κ3) is 2.20. The topological polar surface area (TPSA) is 60.2 Å². The summed E-state index contributed by atoms with van der Waals surface area (Å²) in [4.78, 5) is 18.8. The van der Waals surface area contributed by atoms with Gasteiger partial charge in [0.15, 0.2) is 0 Å².